The first-order valence-corrected chi connectivity index (χ1v) is 5.71. The molecule has 0 bridgehead atoms. The van der Waals surface area contributed by atoms with Crippen molar-refractivity contribution in [2.75, 3.05) is 54.0 Å². The van der Waals surface area contributed by atoms with Crippen molar-refractivity contribution in [3.63, 3.8) is 0 Å². The summed E-state index contributed by atoms with van der Waals surface area (Å²) >= 11 is 0. The summed E-state index contributed by atoms with van der Waals surface area (Å²) in [6, 6.07) is 0. The molecule has 0 spiro atoms. The first-order chi connectivity index (χ1) is 7.52. The highest BCUT2D eigenvalue weighted by Crippen LogP contribution is 1.94. The minimum atomic E-state index is -0.400. The minimum absolute atomic E-state index is 0.0382. The van der Waals surface area contributed by atoms with Gasteiger partial charge in [-0.05, 0) is 40.5 Å². The predicted octanol–water partition coefficient (Wildman–Crippen LogP) is -0.238. The van der Waals surface area contributed by atoms with E-state index in [-0.39, 0.29) is 6.61 Å². The number of rotatable bonds is 10. The van der Waals surface area contributed by atoms with Crippen LogP contribution in [0.3, 0.4) is 0 Å². The van der Waals surface area contributed by atoms with Crippen LogP contribution in [0.4, 0.5) is 0 Å². The Morgan fingerprint density at radius 1 is 1.12 bits per heavy atom. The molecule has 0 heterocycles. The van der Waals surface area contributed by atoms with Crippen LogP contribution < -0.4 is 5.73 Å². The maximum Gasteiger partial charge on any atom is 0.243 e. The van der Waals surface area contributed by atoms with Gasteiger partial charge in [0, 0.05) is 19.7 Å². The van der Waals surface area contributed by atoms with E-state index in [2.05, 4.69) is 30.9 Å². The molecule has 0 saturated heterocycles. The lowest BCUT2D eigenvalue weighted by atomic mass is 10.3. The Kier molecular flexibility index (Phi) is 9.18. The first-order valence-electron chi connectivity index (χ1n) is 5.71. The van der Waals surface area contributed by atoms with Gasteiger partial charge in [0.25, 0.3) is 0 Å². The number of primary amides is 1. The van der Waals surface area contributed by atoms with Gasteiger partial charge in [-0.25, -0.2) is 0 Å². The van der Waals surface area contributed by atoms with Crippen molar-refractivity contribution in [1.29, 1.82) is 0 Å². The molecule has 0 aromatic rings. The number of ether oxygens (including phenoxy) is 1. The largest absolute Gasteiger partial charge is 0.372 e. The average molecular weight is 231 g/mol. The number of nitrogens with two attached hydrogens (primary N) is 1. The van der Waals surface area contributed by atoms with Gasteiger partial charge in [-0.2, -0.15) is 0 Å². The molecule has 1 amide bonds. The number of carbonyl (C=O) groups is 1. The lowest BCUT2D eigenvalue weighted by molar-refractivity contribution is -0.122. The van der Waals surface area contributed by atoms with Gasteiger partial charge in [-0.3, -0.25) is 4.79 Å². The van der Waals surface area contributed by atoms with Crippen LogP contribution in [0.1, 0.15) is 12.8 Å². The number of carbonyl (C=O) groups excluding carboxylic acids is 1. The summed E-state index contributed by atoms with van der Waals surface area (Å²) in [4.78, 5) is 14.8. The van der Waals surface area contributed by atoms with E-state index in [9.17, 15) is 4.79 Å². The summed E-state index contributed by atoms with van der Waals surface area (Å²) in [6.07, 6.45) is 2.06. The molecule has 0 aromatic heterocycles. The highest BCUT2D eigenvalue weighted by Gasteiger charge is 1.99. The second-order valence-electron chi connectivity index (χ2n) is 4.33. The van der Waals surface area contributed by atoms with E-state index in [1.54, 1.807) is 0 Å². The predicted molar refractivity (Wildman–Crippen MR) is 65.3 cm³/mol. The lowest BCUT2D eigenvalue weighted by Gasteiger charge is -2.18. The summed E-state index contributed by atoms with van der Waals surface area (Å²) in [7, 11) is 6.27. The van der Waals surface area contributed by atoms with E-state index < -0.39 is 5.91 Å². The third-order valence-electron chi connectivity index (χ3n) is 2.25. The molecule has 0 aliphatic heterocycles. The Labute approximate surface area is 98.5 Å². The highest BCUT2D eigenvalue weighted by molar-refractivity contribution is 5.74. The number of amides is 1. The molecule has 16 heavy (non-hydrogen) atoms. The summed E-state index contributed by atoms with van der Waals surface area (Å²) in [5, 5.41) is 0. The monoisotopic (exact) mass is 231 g/mol. The van der Waals surface area contributed by atoms with Crippen LogP contribution in [0, 0.1) is 0 Å². The fraction of sp³-hybridized carbons (Fsp3) is 0.909. The number of hydrogen-bond donors (Lipinski definition) is 1. The molecular weight excluding hydrogens is 206 g/mol. The van der Waals surface area contributed by atoms with Crippen molar-refractivity contribution >= 4 is 5.91 Å². The topological polar surface area (TPSA) is 58.8 Å². The zero-order valence-corrected chi connectivity index (χ0v) is 10.7. The van der Waals surface area contributed by atoms with Crippen LogP contribution in [0.2, 0.25) is 0 Å². The number of hydrogen-bond acceptors (Lipinski definition) is 4. The van der Waals surface area contributed by atoms with Crippen molar-refractivity contribution in [3.8, 4) is 0 Å². The number of likely N-dealkylation sites (N-methyl/N-ethyl adjacent to an activating group) is 2. The number of nitrogens with zero attached hydrogens (tertiary/aromatic N) is 2. The molecule has 0 radical (unpaired) electrons. The Morgan fingerprint density at radius 2 is 1.81 bits per heavy atom. The first kappa shape index (κ1) is 15.3. The molecule has 0 aliphatic carbocycles. The fourth-order valence-electron chi connectivity index (χ4n) is 1.24. The lowest BCUT2D eigenvalue weighted by Crippen LogP contribution is -2.29. The maximum atomic E-state index is 10.4. The smallest absolute Gasteiger partial charge is 0.243 e. The van der Waals surface area contributed by atoms with Gasteiger partial charge in [0.2, 0.25) is 5.91 Å². The summed E-state index contributed by atoms with van der Waals surface area (Å²) in [5.74, 6) is -0.400. The van der Waals surface area contributed by atoms with Crippen molar-refractivity contribution < 1.29 is 9.53 Å². The van der Waals surface area contributed by atoms with Crippen LogP contribution >= 0.6 is 0 Å². The standard InChI is InChI=1S/C11H25N3O2/c1-13(2)7-8-14(3)6-4-5-9-16-10-11(12)15/h4-10H2,1-3H3,(H2,12,15). The van der Waals surface area contributed by atoms with Gasteiger partial charge < -0.3 is 20.3 Å². The third-order valence-corrected chi connectivity index (χ3v) is 2.25. The van der Waals surface area contributed by atoms with Gasteiger partial charge in [0.05, 0.1) is 0 Å². The molecule has 5 heteroatoms. The quantitative estimate of drug-likeness (QED) is 0.527. The van der Waals surface area contributed by atoms with Crippen molar-refractivity contribution in [1.82, 2.24) is 9.80 Å². The van der Waals surface area contributed by atoms with Gasteiger partial charge in [-0.15, -0.1) is 0 Å². The molecule has 0 fully saturated rings. The molecule has 0 unspecified atom stereocenters. The van der Waals surface area contributed by atoms with Crippen LogP contribution in [0.5, 0.6) is 0 Å². The summed E-state index contributed by atoms with van der Waals surface area (Å²) < 4.78 is 5.07. The van der Waals surface area contributed by atoms with Crippen LogP contribution in [0.15, 0.2) is 0 Å². The maximum absolute atomic E-state index is 10.4. The Morgan fingerprint density at radius 3 is 2.38 bits per heavy atom. The SMILES string of the molecule is CN(C)CCN(C)CCCCOCC(N)=O. The molecular formula is C11H25N3O2. The summed E-state index contributed by atoms with van der Waals surface area (Å²) in [5.41, 5.74) is 4.95. The normalized spacial score (nSPS) is 11.3. The van der Waals surface area contributed by atoms with Gasteiger partial charge in [0.15, 0.2) is 0 Å². The fourth-order valence-corrected chi connectivity index (χ4v) is 1.24. The molecule has 2 N–H and O–H groups in total. The Bertz CT molecular complexity index is 186. The van der Waals surface area contributed by atoms with E-state index in [0.29, 0.717) is 6.61 Å². The average Bonchev–Trinajstić information content (AvgIpc) is 2.19. The zero-order chi connectivity index (χ0) is 12.4. The molecule has 0 rings (SSSR count). The van der Waals surface area contributed by atoms with Crippen LogP contribution in [0.25, 0.3) is 0 Å². The second-order valence-corrected chi connectivity index (χ2v) is 4.33. The van der Waals surface area contributed by atoms with E-state index in [1.807, 2.05) is 0 Å². The van der Waals surface area contributed by atoms with Crippen molar-refractivity contribution in [2.45, 2.75) is 12.8 Å². The van der Waals surface area contributed by atoms with E-state index in [4.69, 9.17) is 10.5 Å². The van der Waals surface area contributed by atoms with Crippen molar-refractivity contribution in [3.05, 3.63) is 0 Å². The third kappa shape index (κ3) is 11.4. The van der Waals surface area contributed by atoms with Gasteiger partial charge in [-0.1, -0.05) is 0 Å². The number of unbranched alkanes of at least 4 members (excludes halogenated alkanes) is 1. The zero-order valence-electron chi connectivity index (χ0n) is 10.7. The second kappa shape index (κ2) is 9.57. The van der Waals surface area contributed by atoms with E-state index in [1.165, 1.54) is 0 Å². The molecule has 0 saturated carbocycles. The molecule has 0 atom stereocenters. The van der Waals surface area contributed by atoms with Crippen LogP contribution in [-0.2, 0) is 9.53 Å². The highest BCUT2D eigenvalue weighted by atomic mass is 16.5. The molecule has 5 nitrogen and oxygen atoms in total. The van der Waals surface area contributed by atoms with E-state index in [0.717, 1.165) is 32.5 Å². The van der Waals surface area contributed by atoms with E-state index >= 15 is 0 Å². The summed E-state index contributed by atoms with van der Waals surface area (Å²) in [6.45, 7) is 3.87. The Hall–Kier alpha value is -0.650. The molecule has 96 valence electrons. The minimum Gasteiger partial charge on any atom is -0.372 e. The Balaban J connectivity index is 3.21. The van der Waals surface area contributed by atoms with Crippen LogP contribution in [-0.4, -0.2) is 69.7 Å². The molecule has 0 aromatic carbocycles. The molecule has 0 aliphatic rings. The van der Waals surface area contributed by atoms with Gasteiger partial charge >= 0.3 is 0 Å². The van der Waals surface area contributed by atoms with Crippen molar-refractivity contribution in [2.24, 2.45) is 5.73 Å². The van der Waals surface area contributed by atoms with Gasteiger partial charge in [0.1, 0.15) is 6.61 Å².